The average molecular weight is 284 g/mol. The molecule has 2 aromatic rings. The van der Waals surface area contributed by atoms with E-state index in [0.29, 0.717) is 5.82 Å². The molecule has 0 aliphatic carbocycles. The Labute approximate surface area is 126 Å². The summed E-state index contributed by atoms with van der Waals surface area (Å²) in [7, 11) is 0. The van der Waals surface area contributed by atoms with Crippen molar-refractivity contribution in [3.63, 3.8) is 0 Å². The predicted octanol–water partition coefficient (Wildman–Crippen LogP) is 3.47. The number of nitrogen functional groups attached to an aromatic ring is 1. The Bertz CT molecular complexity index is 623. The van der Waals surface area contributed by atoms with Crippen molar-refractivity contribution in [2.24, 2.45) is 11.8 Å². The third-order valence-electron chi connectivity index (χ3n) is 4.59. The van der Waals surface area contributed by atoms with Crippen molar-refractivity contribution in [2.45, 2.75) is 33.1 Å². The molecule has 1 saturated heterocycles. The van der Waals surface area contributed by atoms with Gasteiger partial charge in [0, 0.05) is 13.1 Å². The van der Waals surface area contributed by atoms with Crippen LogP contribution in [-0.2, 0) is 0 Å². The molecule has 0 spiro atoms. The van der Waals surface area contributed by atoms with E-state index in [1.165, 1.54) is 19.3 Å². The molecule has 112 valence electrons. The smallest absolute Gasteiger partial charge is 0.172 e. The Hall–Kier alpha value is -1.84. The highest BCUT2D eigenvalue weighted by molar-refractivity contribution is 5.79. The van der Waals surface area contributed by atoms with Crippen molar-refractivity contribution in [2.75, 3.05) is 23.7 Å². The molecular weight excluding hydrogens is 260 g/mol. The molecule has 3 rings (SSSR count). The normalized spacial score (nSPS) is 20.0. The first kappa shape index (κ1) is 14.1. The van der Waals surface area contributed by atoms with Gasteiger partial charge < -0.3 is 10.6 Å². The van der Waals surface area contributed by atoms with E-state index in [9.17, 15) is 0 Å². The van der Waals surface area contributed by atoms with Crippen LogP contribution in [0.5, 0.6) is 0 Å². The van der Waals surface area contributed by atoms with Crippen molar-refractivity contribution in [1.82, 2.24) is 9.97 Å². The minimum atomic E-state index is 0.552. The summed E-state index contributed by atoms with van der Waals surface area (Å²) < 4.78 is 0. The first-order valence-electron chi connectivity index (χ1n) is 7.92. The molecule has 21 heavy (non-hydrogen) atoms. The van der Waals surface area contributed by atoms with Gasteiger partial charge in [-0.2, -0.15) is 0 Å². The van der Waals surface area contributed by atoms with Gasteiger partial charge in [0.25, 0.3) is 0 Å². The van der Waals surface area contributed by atoms with Gasteiger partial charge in [0.2, 0.25) is 0 Å². The second-order valence-corrected chi connectivity index (χ2v) is 6.34. The van der Waals surface area contributed by atoms with Crippen LogP contribution in [0.25, 0.3) is 11.0 Å². The van der Waals surface area contributed by atoms with E-state index >= 15 is 0 Å². The van der Waals surface area contributed by atoms with Crippen LogP contribution in [0.4, 0.5) is 11.6 Å². The number of nitrogens with zero attached hydrogens (tertiary/aromatic N) is 3. The lowest BCUT2D eigenvalue weighted by molar-refractivity contribution is 0.351. The van der Waals surface area contributed by atoms with Crippen LogP contribution in [0.1, 0.15) is 33.1 Å². The highest BCUT2D eigenvalue weighted by Gasteiger charge is 2.22. The second-order valence-electron chi connectivity index (χ2n) is 6.34. The fourth-order valence-electron chi connectivity index (χ4n) is 3.24. The van der Waals surface area contributed by atoms with E-state index in [-0.39, 0.29) is 0 Å². The highest BCUT2D eigenvalue weighted by Crippen LogP contribution is 2.29. The standard InChI is InChI=1S/C17H24N4/c1-12(2)13-6-5-10-21(11-9-13)17-16(18)19-14-7-3-4-8-15(14)20-17/h3-4,7-8,12-13H,5-6,9-11H2,1-2H3,(H2,18,19). The highest BCUT2D eigenvalue weighted by atomic mass is 15.2. The average Bonchev–Trinajstić information content (AvgIpc) is 2.72. The summed E-state index contributed by atoms with van der Waals surface area (Å²) in [6.07, 6.45) is 3.72. The number of rotatable bonds is 2. The molecule has 1 aromatic carbocycles. The van der Waals surface area contributed by atoms with Crippen LogP contribution < -0.4 is 10.6 Å². The van der Waals surface area contributed by atoms with E-state index in [1.54, 1.807) is 0 Å². The van der Waals surface area contributed by atoms with Gasteiger partial charge in [-0.3, -0.25) is 0 Å². The van der Waals surface area contributed by atoms with E-state index < -0.39 is 0 Å². The van der Waals surface area contributed by atoms with Crippen LogP contribution in [0, 0.1) is 11.8 Å². The number of nitrogens with two attached hydrogens (primary N) is 1. The molecule has 0 saturated carbocycles. The van der Waals surface area contributed by atoms with E-state index in [1.807, 2.05) is 24.3 Å². The summed E-state index contributed by atoms with van der Waals surface area (Å²) >= 11 is 0. The number of hydrogen-bond donors (Lipinski definition) is 1. The maximum Gasteiger partial charge on any atom is 0.172 e. The first-order chi connectivity index (χ1) is 10.1. The van der Waals surface area contributed by atoms with Crippen molar-refractivity contribution < 1.29 is 0 Å². The molecule has 1 unspecified atom stereocenters. The largest absolute Gasteiger partial charge is 0.381 e. The lowest BCUT2D eigenvalue weighted by atomic mass is 9.89. The Kier molecular flexibility index (Phi) is 3.95. The number of para-hydroxylation sites is 2. The molecule has 4 nitrogen and oxygen atoms in total. The quantitative estimate of drug-likeness (QED) is 0.917. The maximum absolute atomic E-state index is 6.15. The molecular formula is C17H24N4. The van der Waals surface area contributed by atoms with Crippen LogP contribution >= 0.6 is 0 Å². The molecule has 1 atom stereocenters. The Morgan fingerprint density at radius 1 is 1.10 bits per heavy atom. The number of hydrogen-bond acceptors (Lipinski definition) is 4. The number of anilines is 2. The SMILES string of the molecule is CC(C)C1CCCN(c2nc3ccccc3nc2N)CC1. The summed E-state index contributed by atoms with van der Waals surface area (Å²) in [6, 6.07) is 7.92. The minimum absolute atomic E-state index is 0.552. The maximum atomic E-state index is 6.15. The molecule has 1 aliphatic rings. The van der Waals surface area contributed by atoms with Crippen LogP contribution in [-0.4, -0.2) is 23.1 Å². The Balaban J connectivity index is 1.87. The summed E-state index contributed by atoms with van der Waals surface area (Å²) in [5, 5.41) is 0. The third kappa shape index (κ3) is 2.94. The van der Waals surface area contributed by atoms with Gasteiger partial charge in [-0.05, 0) is 43.2 Å². The zero-order valence-corrected chi connectivity index (χ0v) is 12.9. The lowest BCUT2D eigenvalue weighted by Crippen LogP contribution is -2.27. The van der Waals surface area contributed by atoms with Crippen LogP contribution in [0.2, 0.25) is 0 Å². The molecule has 0 radical (unpaired) electrons. The molecule has 1 fully saturated rings. The van der Waals surface area contributed by atoms with E-state index in [2.05, 4.69) is 23.7 Å². The molecule has 1 aliphatic heterocycles. The predicted molar refractivity (Wildman–Crippen MR) is 88.3 cm³/mol. The molecule has 0 bridgehead atoms. The van der Waals surface area contributed by atoms with Crippen molar-refractivity contribution in [1.29, 1.82) is 0 Å². The van der Waals surface area contributed by atoms with Crippen molar-refractivity contribution >= 4 is 22.7 Å². The third-order valence-corrected chi connectivity index (χ3v) is 4.59. The van der Waals surface area contributed by atoms with Gasteiger partial charge in [0.05, 0.1) is 11.0 Å². The summed E-state index contributed by atoms with van der Waals surface area (Å²) in [4.78, 5) is 11.6. The fourth-order valence-corrected chi connectivity index (χ4v) is 3.24. The minimum Gasteiger partial charge on any atom is -0.381 e. The number of fused-ring (bicyclic) bond motifs is 1. The summed E-state index contributed by atoms with van der Waals surface area (Å²) in [6.45, 7) is 6.70. The molecule has 0 amide bonds. The van der Waals surface area contributed by atoms with Gasteiger partial charge in [0.15, 0.2) is 11.6 Å². The van der Waals surface area contributed by atoms with Crippen molar-refractivity contribution in [3.05, 3.63) is 24.3 Å². The van der Waals surface area contributed by atoms with Gasteiger partial charge >= 0.3 is 0 Å². The first-order valence-corrected chi connectivity index (χ1v) is 7.92. The van der Waals surface area contributed by atoms with Gasteiger partial charge in [-0.1, -0.05) is 26.0 Å². The van der Waals surface area contributed by atoms with E-state index in [0.717, 1.165) is 41.8 Å². The van der Waals surface area contributed by atoms with Gasteiger partial charge in [-0.15, -0.1) is 0 Å². The molecule has 4 heteroatoms. The summed E-state index contributed by atoms with van der Waals surface area (Å²) in [5.74, 6) is 2.98. The second kappa shape index (κ2) is 5.88. The van der Waals surface area contributed by atoms with E-state index in [4.69, 9.17) is 10.7 Å². The van der Waals surface area contributed by atoms with Gasteiger partial charge in [0.1, 0.15) is 0 Å². The van der Waals surface area contributed by atoms with Crippen LogP contribution in [0.15, 0.2) is 24.3 Å². The monoisotopic (exact) mass is 284 g/mol. The Morgan fingerprint density at radius 2 is 1.81 bits per heavy atom. The lowest BCUT2D eigenvalue weighted by Gasteiger charge is -2.23. The van der Waals surface area contributed by atoms with Gasteiger partial charge in [-0.25, -0.2) is 9.97 Å². The molecule has 1 aromatic heterocycles. The molecule has 2 N–H and O–H groups in total. The topological polar surface area (TPSA) is 55.0 Å². The number of aromatic nitrogens is 2. The molecule has 2 heterocycles. The zero-order valence-electron chi connectivity index (χ0n) is 12.9. The van der Waals surface area contributed by atoms with Crippen molar-refractivity contribution in [3.8, 4) is 0 Å². The summed E-state index contributed by atoms with van der Waals surface area (Å²) in [5.41, 5.74) is 7.94. The number of benzene rings is 1. The fraction of sp³-hybridized carbons (Fsp3) is 0.529. The van der Waals surface area contributed by atoms with Crippen LogP contribution in [0.3, 0.4) is 0 Å². The zero-order chi connectivity index (χ0) is 14.8. The Morgan fingerprint density at radius 3 is 2.52 bits per heavy atom.